The molecule has 4 heterocycles. The van der Waals surface area contributed by atoms with Gasteiger partial charge in [0.15, 0.2) is 5.76 Å². The standard InChI is InChI=1S/C27H27BrN2O3/c1-18-14-19-4-2-3-5-23(19)29(18)16-20-8-11-33-25(20)26(31)30-17-27(9-12-32-13-10-27)22-7-6-21(28)15-24(22)30/h2-8,11,15,18H,9-10,12-14,16-17H2,1H3. The number of fused-ring (bicyclic) bond motifs is 3. The Morgan fingerprint density at radius 2 is 1.94 bits per heavy atom. The van der Waals surface area contributed by atoms with E-state index >= 15 is 0 Å². The lowest BCUT2D eigenvalue weighted by molar-refractivity contribution is 0.0546. The molecule has 3 aromatic rings. The monoisotopic (exact) mass is 506 g/mol. The number of halogens is 1. The van der Waals surface area contributed by atoms with Gasteiger partial charge in [-0.25, -0.2) is 0 Å². The fourth-order valence-corrected chi connectivity index (χ4v) is 6.19. The quantitative estimate of drug-likeness (QED) is 0.456. The van der Waals surface area contributed by atoms with E-state index in [4.69, 9.17) is 9.15 Å². The largest absolute Gasteiger partial charge is 0.459 e. The second-order valence-electron chi connectivity index (χ2n) is 9.53. The summed E-state index contributed by atoms with van der Waals surface area (Å²) in [5.74, 6) is 0.388. The maximum atomic E-state index is 13.9. The Morgan fingerprint density at radius 1 is 1.12 bits per heavy atom. The van der Waals surface area contributed by atoms with Gasteiger partial charge >= 0.3 is 0 Å². The number of ether oxygens (including phenoxy) is 1. The normalized spacial score (nSPS) is 20.8. The SMILES string of the molecule is CC1Cc2ccccc2N1Cc1ccoc1C(=O)N1CC2(CCOCC2)c2ccc(Br)cc21. The predicted molar refractivity (Wildman–Crippen MR) is 132 cm³/mol. The van der Waals surface area contributed by atoms with Crippen LogP contribution in [0.5, 0.6) is 0 Å². The third kappa shape index (κ3) is 3.42. The van der Waals surface area contributed by atoms with Crippen molar-refractivity contribution in [1.82, 2.24) is 0 Å². The van der Waals surface area contributed by atoms with E-state index in [9.17, 15) is 4.79 Å². The molecule has 3 aliphatic rings. The maximum absolute atomic E-state index is 13.9. The van der Waals surface area contributed by atoms with Crippen LogP contribution in [0.2, 0.25) is 0 Å². The highest BCUT2D eigenvalue weighted by atomic mass is 79.9. The molecule has 1 saturated heterocycles. The molecule has 0 saturated carbocycles. The van der Waals surface area contributed by atoms with Gasteiger partial charge in [-0.1, -0.05) is 40.2 Å². The number of benzene rings is 2. The molecule has 33 heavy (non-hydrogen) atoms. The van der Waals surface area contributed by atoms with E-state index in [1.165, 1.54) is 16.8 Å². The van der Waals surface area contributed by atoms with Crippen molar-refractivity contribution >= 4 is 33.2 Å². The molecule has 1 spiro atoms. The Morgan fingerprint density at radius 3 is 2.79 bits per heavy atom. The molecule has 0 radical (unpaired) electrons. The van der Waals surface area contributed by atoms with E-state index < -0.39 is 0 Å². The summed E-state index contributed by atoms with van der Waals surface area (Å²) >= 11 is 3.60. The molecule has 5 nitrogen and oxygen atoms in total. The molecule has 0 aliphatic carbocycles. The number of carbonyl (C=O) groups is 1. The predicted octanol–water partition coefficient (Wildman–Crippen LogP) is 5.70. The molecule has 6 rings (SSSR count). The van der Waals surface area contributed by atoms with Crippen molar-refractivity contribution in [2.24, 2.45) is 0 Å². The molecule has 1 fully saturated rings. The average molecular weight is 507 g/mol. The molecule has 3 aliphatic heterocycles. The maximum Gasteiger partial charge on any atom is 0.294 e. The zero-order valence-corrected chi connectivity index (χ0v) is 20.3. The van der Waals surface area contributed by atoms with Gasteiger partial charge in [0.25, 0.3) is 5.91 Å². The lowest BCUT2D eigenvalue weighted by Gasteiger charge is -2.34. The minimum Gasteiger partial charge on any atom is -0.459 e. The van der Waals surface area contributed by atoms with Gasteiger partial charge in [0.1, 0.15) is 0 Å². The second-order valence-corrected chi connectivity index (χ2v) is 10.4. The van der Waals surface area contributed by atoms with Gasteiger partial charge in [0.05, 0.1) is 6.26 Å². The van der Waals surface area contributed by atoms with Gasteiger partial charge in [-0.3, -0.25) is 4.79 Å². The van der Waals surface area contributed by atoms with Gasteiger partial charge in [-0.2, -0.15) is 0 Å². The van der Waals surface area contributed by atoms with Crippen LogP contribution in [-0.4, -0.2) is 31.7 Å². The Bertz CT molecular complexity index is 1210. The zero-order valence-electron chi connectivity index (χ0n) is 18.7. The van der Waals surface area contributed by atoms with Crippen LogP contribution < -0.4 is 9.80 Å². The first-order chi connectivity index (χ1) is 16.1. The molecule has 1 amide bonds. The van der Waals surface area contributed by atoms with Crippen molar-refractivity contribution in [3.8, 4) is 0 Å². The number of nitrogens with zero attached hydrogens (tertiary/aromatic N) is 2. The highest BCUT2D eigenvalue weighted by molar-refractivity contribution is 9.10. The number of para-hydroxylation sites is 1. The summed E-state index contributed by atoms with van der Waals surface area (Å²) in [7, 11) is 0. The molecule has 170 valence electrons. The van der Waals surface area contributed by atoms with Crippen LogP contribution in [0.1, 0.15) is 47.0 Å². The molecule has 1 unspecified atom stereocenters. The van der Waals surface area contributed by atoms with Crippen LogP contribution >= 0.6 is 15.9 Å². The first-order valence-electron chi connectivity index (χ1n) is 11.7. The highest BCUT2D eigenvalue weighted by Crippen LogP contribution is 2.48. The number of hydrogen-bond donors (Lipinski definition) is 0. The molecule has 1 atom stereocenters. The van der Waals surface area contributed by atoms with Crippen LogP contribution in [0.4, 0.5) is 11.4 Å². The minimum absolute atomic E-state index is 0.0426. The number of carbonyl (C=O) groups excluding carboxylic acids is 1. The molecule has 0 bridgehead atoms. The minimum atomic E-state index is -0.0575. The molecule has 2 aromatic carbocycles. The summed E-state index contributed by atoms with van der Waals surface area (Å²) in [5.41, 5.74) is 5.74. The lowest BCUT2D eigenvalue weighted by atomic mass is 9.76. The van der Waals surface area contributed by atoms with Crippen molar-refractivity contribution in [2.75, 3.05) is 29.6 Å². The zero-order chi connectivity index (χ0) is 22.6. The van der Waals surface area contributed by atoms with E-state index in [1.807, 2.05) is 11.0 Å². The fraction of sp³-hybridized carbons (Fsp3) is 0.370. The van der Waals surface area contributed by atoms with E-state index in [2.05, 4.69) is 70.2 Å². The third-order valence-corrected chi connectivity index (χ3v) is 8.10. The van der Waals surface area contributed by atoms with E-state index in [0.717, 1.165) is 48.2 Å². The van der Waals surface area contributed by atoms with Crippen molar-refractivity contribution < 1.29 is 13.9 Å². The third-order valence-electron chi connectivity index (χ3n) is 7.61. The Balaban J connectivity index is 1.33. The number of amides is 1. The molecule has 1 aromatic heterocycles. The van der Waals surface area contributed by atoms with Gasteiger partial charge in [0.2, 0.25) is 0 Å². The lowest BCUT2D eigenvalue weighted by Crippen LogP contribution is -2.41. The van der Waals surface area contributed by atoms with Crippen molar-refractivity contribution in [1.29, 1.82) is 0 Å². The van der Waals surface area contributed by atoms with Crippen molar-refractivity contribution in [3.63, 3.8) is 0 Å². The van der Waals surface area contributed by atoms with Crippen LogP contribution in [0.15, 0.2) is 63.7 Å². The summed E-state index contributed by atoms with van der Waals surface area (Å²) < 4.78 is 12.5. The summed E-state index contributed by atoms with van der Waals surface area (Å²) in [6.07, 6.45) is 4.53. The van der Waals surface area contributed by atoms with E-state index in [0.29, 0.717) is 24.9 Å². The summed E-state index contributed by atoms with van der Waals surface area (Å²) in [6, 6.07) is 17.2. The van der Waals surface area contributed by atoms with E-state index in [-0.39, 0.29) is 11.3 Å². The van der Waals surface area contributed by atoms with Gasteiger partial charge < -0.3 is 19.0 Å². The van der Waals surface area contributed by atoms with Crippen LogP contribution in [0.3, 0.4) is 0 Å². The van der Waals surface area contributed by atoms with Gasteiger partial charge in [0, 0.05) is 59.2 Å². The van der Waals surface area contributed by atoms with E-state index in [1.54, 1.807) is 6.26 Å². The van der Waals surface area contributed by atoms with Crippen molar-refractivity contribution in [3.05, 3.63) is 81.7 Å². The number of hydrogen-bond acceptors (Lipinski definition) is 4. The van der Waals surface area contributed by atoms with Crippen LogP contribution in [0.25, 0.3) is 0 Å². The topological polar surface area (TPSA) is 45.9 Å². The number of furan rings is 1. The molecular formula is C27H27BrN2O3. The second kappa shape index (κ2) is 8.03. The van der Waals surface area contributed by atoms with Gasteiger partial charge in [-0.15, -0.1) is 0 Å². The molecular weight excluding hydrogens is 480 g/mol. The Labute approximate surface area is 202 Å². The van der Waals surface area contributed by atoms with Crippen LogP contribution in [-0.2, 0) is 23.1 Å². The number of rotatable bonds is 3. The Hall–Kier alpha value is -2.57. The first kappa shape index (κ1) is 21.0. The molecule has 6 heteroatoms. The fourth-order valence-electron chi connectivity index (χ4n) is 5.84. The number of anilines is 2. The summed E-state index contributed by atoms with van der Waals surface area (Å²) in [5, 5.41) is 0. The Kier molecular flexibility index (Phi) is 5.11. The van der Waals surface area contributed by atoms with Crippen LogP contribution in [0, 0.1) is 0 Å². The smallest absolute Gasteiger partial charge is 0.294 e. The average Bonchev–Trinajstić information content (AvgIpc) is 3.50. The first-order valence-corrected chi connectivity index (χ1v) is 12.5. The highest BCUT2D eigenvalue weighted by Gasteiger charge is 2.46. The van der Waals surface area contributed by atoms with Gasteiger partial charge in [-0.05, 0) is 61.6 Å². The summed E-state index contributed by atoms with van der Waals surface area (Å²) in [6.45, 7) is 5.04. The summed E-state index contributed by atoms with van der Waals surface area (Å²) in [4.78, 5) is 18.2. The molecule has 0 N–H and O–H groups in total. The van der Waals surface area contributed by atoms with Crippen molar-refractivity contribution in [2.45, 2.75) is 44.2 Å².